The van der Waals surface area contributed by atoms with E-state index < -0.39 is 0 Å². The number of hydrogen-bond acceptors (Lipinski definition) is 2. The lowest BCUT2D eigenvalue weighted by atomic mass is 9.92. The van der Waals surface area contributed by atoms with Crippen molar-refractivity contribution in [2.45, 2.75) is 26.9 Å². The summed E-state index contributed by atoms with van der Waals surface area (Å²) < 4.78 is 0. The lowest BCUT2D eigenvalue weighted by Gasteiger charge is -2.21. The van der Waals surface area contributed by atoms with Crippen LogP contribution in [0.25, 0.3) is 0 Å². The fourth-order valence-corrected chi connectivity index (χ4v) is 0.839. The van der Waals surface area contributed by atoms with Gasteiger partial charge in [0.25, 0.3) is 0 Å². The molecule has 0 spiro atoms. The van der Waals surface area contributed by atoms with Crippen LogP contribution in [0, 0.1) is 11.8 Å². The summed E-state index contributed by atoms with van der Waals surface area (Å²) in [4.78, 5) is 0. The van der Waals surface area contributed by atoms with Crippen LogP contribution in [0.15, 0.2) is 0 Å². The molecule has 2 N–H and O–H groups in total. The Balaban J connectivity index is 3.58. The van der Waals surface area contributed by atoms with Crippen molar-refractivity contribution in [1.29, 1.82) is 0 Å². The zero-order valence-corrected chi connectivity index (χ0v) is 7.39. The van der Waals surface area contributed by atoms with Gasteiger partial charge < -0.3 is 10.4 Å². The second-order valence-electron chi connectivity index (χ2n) is 3.23. The van der Waals surface area contributed by atoms with Gasteiger partial charge in [-0.15, -0.1) is 0 Å². The highest BCUT2D eigenvalue weighted by atomic mass is 16.3. The predicted octanol–water partition coefficient (Wildman–Crippen LogP) is 0.859. The van der Waals surface area contributed by atoms with Gasteiger partial charge in [-0.1, -0.05) is 20.8 Å². The average Bonchev–Trinajstić information content (AvgIpc) is 1.87. The molecule has 0 fully saturated rings. The summed E-state index contributed by atoms with van der Waals surface area (Å²) in [7, 11) is 1.86. The smallest absolute Gasteiger partial charge is 0.0692 e. The molecule has 0 rings (SSSR count). The molecule has 0 aromatic carbocycles. The quantitative estimate of drug-likeness (QED) is 0.615. The largest absolute Gasteiger partial charge is 0.392 e. The first-order chi connectivity index (χ1) is 4.59. The van der Waals surface area contributed by atoms with Crippen LogP contribution in [0.2, 0.25) is 0 Å². The van der Waals surface area contributed by atoms with Gasteiger partial charge in [-0.3, -0.25) is 0 Å². The normalized spacial score (nSPS) is 17.4. The van der Waals surface area contributed by atoms with Crippen molar-refractivity contribution >= 4 is 0 Å². The standard InChI is InChI=1S/C8H19NO/c1-6(2)7(3)8(10)5-9-4/h6-10H,5H2,1-4H3/t7-,8?/m0/s1. The van der Waals surface area contributed by atoms with Gasteiger partial charge in [0.1, 0.15) is 0 Å². The van der Waals surface area contributed by atoms with E-state index in [1.54, 1.807) is 0 Å². The highest BCUT2D eigenvalue weighted by Crippen LogP contribution is 2.13. The summed E-state index contributed by atoms with van der Waals surface area (Å²) in [6, 6.07) is 0. The minimum atomic E-state index is -0.204. The molecule has 0 aromatic rings. The summed E-state index contributed by atoms with van der Waals surface area (Å²) >= 11 is 0. The van der Waals surface area contributed by atoms with E-state index in [0.717, 1.165) is 0 Å². The van der Waals surface area contributed by atoms with E-state index in [4.69, 9.17) is 0 Å². The van der Waals surface area contributed by atoms with Crippen molar-refractivity contribution in [2.75, 3.05) is 13.6 Å². The Kier molecular flexibility index (Phi) is 4.65. The molecule has 10 heavy (non-hydrogen) atoms. The van der Waals surface area contributed by atoms with Crippen LogP contribution in [0.3, 0.4) is 0 Å². The fraction of sp³-hybridized carbons (Fsp3) is 1.00. The zero-order valence-electron chi connectivity index (χ0n) is 7.39. The van der Waals surface area contributed by atoms with Crippen LogP contribution in [0.1, 0.15) is 20.8 Å². The number of rotatable bonds is 4. The molecule has 2 nitrogen and oxygen atoms in total. The minimum absolute atomic E-state index is 0.204. The third-order valence-corrected chi connectivity index (χ3v) is 2.07. The van der Waals surface area contributed by atoms with E-state index >= 15 is 0 Å². The summed E-state index contributed by atoms with van der Waals surface area (Å²) in [6.45, 7) is 7.03. The number of aliphatic hydroxyl groups excluding tert-OH is 1. The Morgan fingerprint density at radius 1 is 1.30 bits per heavy atom. The van der Waals surface area contributed by atoms with Gasteiger partial charge in [0.05, 0.1) is 6.10 Å². The highest BCUT2D eigenvalue weighted by Gasteiger charge is 2.15. The molecule has 0 saturated heterocycles. The molecule has 0 aromatic heterocycles. The van der Waals surface area contributed by atoms with Gasteiger partial charge in [0, 0.05) is 6.54 Å². The monoisotopic (exact) mass is 145 g/mol. The molecule has 0 aliphatic heterocycles. The molecule has 0 bridgehead atoms. The van der Waals surface area contributed by atoms with Crippen molar-refractivity contribution in [1.82, 2.24) is 5.32 Å². The molecule has 0 aliphatic rings. The van der Waals surface area contributed by atoms with Crippen LogP contribution in [0.5, 0.6) is 0 Å². The lowest BCUT2D eigenvalue weighted by Crippen LogP contribution is -2.31. The van der Waals surface area contributed by atoms with Crippen molar-refractivity contribution in [3.63, 3.8) is 0 Å². The van der Waals surface area contributed by atoms with Crippen LogP contribution in [0.4, 0.5) is 0 Å². The van der Waals surface area contributed by atoms with Crippen molar-refractivity contribution in [3.8, 4) is 0 Å². The molecule has 1 unspecified atom stereocenters. The van der Waals surface area contributed by atoms with E-state index in [0.29, 0.717) is 18.4 Å². The zero-order chi connectivity index (χ0) is 8.15. The number of hydrogen-bond donors (Lipinski definition) is 2. The first-order valence-electron chi connectivity index (χ1n) is 3.92. The van der Waals surface area contributed by atoms with Gasteiger partial charge in [-0.05, 0) is 18.9 Å². The molecule has 2 heteroatoms. The van der Waals surface area contributed by atoms with Crippen molar-refractivity contribution < 1.29 is 5.11 Å². The van der Waals surface area contributed by atoms with Crippen LogP contribution in [-0.4, -0.2) is 24.8 Å². The van der Waals surface area contributed by atoms with E-state index in [1.807, 2.05) is 7.05 Å². The van der Waals surface area contributed by atoms with E-state index in [-0.39, 0.29) is 6.10 Å². The molecular formula is C8H19NO. The summed E-state index contributed by atoms with van der Waals surface area (Å²) in [5.74, 6) is 0.941. The number of likely N-dealkylation sites (N-methyl/N-ethyl adjacent to an activating group) is 1. The second kappa shape index (κ2) is 4.69. The maximum Gasteiger partial charge on any atom is 0.0692 e. The van der Waals surface area contributed by atoms with E-state index in [9.17, 15) is 5.11 Å². The molecule has 0 aliphatic carbocycles. The average molecular weight is 145 g/mol. The predicted molar refractivity (Wildman–Crippen MR) is 43.9 cm³/mol. The Morgan fingerprint density at radius 3 is 2.10 bits per heavy atom. The Morgan fingerprint density at radius 2 is 1.80 bits per heavy atom. The number of aliphatic hydroxyl groups is 1. The fourth-order valence-electron chi connectivity index (χ4n) is 0.839. The number of nitrogens with one attached hydrogen (secondary N) is 1. The third kappa shape index (κ3) is 3.18. The lowest BCUT2D eigenvalue weighted by molar-refractivity contribution is 0.0929. The summed E-state index contributed by atoms with van der Waals surface area (Å²) in [5, 5.41) is 12.4. The first-order valence-corrected chi connectivity index (χ1v) is 3.92. The van der Waals surface area contributed by atoms with Gasteiger partial charge in [-0.2, -0.15) is 0 Å². The first kappa shape index (κ1) is 9.92. The molecule has 2 atom stereocenters. The van der Waals surface area contributed by atoms with Gasteiger partial charge in [-0.25, -0.2) is 0 Å². The van der Waals surface area contributed by atoms with Crippen LogP contribution >= 0.6 is 0 Å². The Bertz CT molecular complexity index is 83.3. The summed E-state index contributed by atoms with van der Waals surface area (Å²) in [6.07, 6.45) is -0.204. The van der Waals surface area contributed by atoms with Crippen molar-refractivity contribution in [3.05, 3.63) is 0 Å². The molecule has 0 heterocycles. The third-order valence-electron chi connectivity index (χ3n) is 2.07. The SMILES string of the molecule is CNCC(O)[C@@H](C)C(C)C. The van der Waals surface area contributed by atoms with E-state index in [1.165, 1.54) is 0 Å². The minimum Gasteiger partial charge on any atom is -0.392 e. The second-order valence-corrected chi connectivity index (χ2v) is 3.23. The van der Waals surface area contributed by atoms with Gasteiger partial charge >= 0.3 is 0 Å². The van der Waals surface area contributed by atoms with Crippen molar-refractivity contribution in [2.24, 2.45) is 11.8 Å². The topological polar surface area (TPSA) is 32.3 Å². The van der Waals surface area contributed by atoms with Gasteiger partial charge in [0.15, 0.2) is 0 Å². The summed E-state index contributed by atoms with van der Waals surface area (Å²) in [5.41, 5.74) is 0. The maximum atomic E-state index is 9.43. The van der Waals surface area contributed by atoms with E-state index in [2.05, 4.69) is 26.1 Å². The van der Waals surface area contributed by atoms with Gasteiger partial charge in [0.2, 0.25) is 0 Å². The van der Waals surface area contributed by atoms with Crippen LogP contribution in [-0.2, 0) is 0 Å². The molecule has 0 radical (unpaired) electrons. The molecule has 0 amide bonds. The Labute approximate surface area is 63.6 Å². The molecular weight excluding hydrogens is 126 g/mol. The molecule has 62 valence electrons. The highest BCUT2D eigenvalue weighted by molar-refractivity contribution is 4.68. The maximum absolute atomic E-state index is 9.43. The molecule has 0 saturated carbocycles. The van der Waals surface area contributed by atoms with Crippen LogP contribution < -0.4 is 5.32 Å². The Hall–Kier alpha value is -0.0800.